The smallest absolute Gasteiger partial charge is 0.341 e. The summed E-state index contributed by atoms with van der Waals surface area (Å²) in [7, 11) is -2.46. The highest BCUT2D eigenvalue weighted by atomic mass is 32.2. The van der Waals surface area contributed by atoms with E-state index in [4.69, 9.17) is 4.74 Å². The number of amides is 1. The lowest BCUT2D eigenvalue weighted by atomic mass is 10.0. The van der Waals surface area contributed by atoms with Gasteiger partial charge >= 0.3 is 5.97 Å². The van der Waals surface area contributed by atoms with Gasteiger partial charge in [-0.25, -0.2) is 13.2 Å². The molecule has 1 N–H and O–H groups in total. The Bertz CT molecular complexity index is 1450. The monoisotopic (exact) mass is 565 g/mol. The van der Waals surface area contributed by atoms with Gasteiger partial charge in [0, 0.05) is 43.2 Å². The number of hydrogen-bond acceptors (Lipinski definition) is 7. The average molecular weight is 566 g/mol. The van der Waals surface area contributed by atoms with Gasteiger partial charge in [0.25, 0.3) is 5.91 Å². The molecule has 4 rings (SSSR count). The van der Waals surface area contributed by atoms with E-state index in [9.17, 15) is 18.0 Å². The Morgan fingerprint density at radius 2 is 1.74 bits per heavy atom. The molecule has 0 radical (unpaired) electrons. The van der Waals surface area contributed by atoms with Crippen LogP contribution in [-0.2, 0) is 34.3 Å². The van der Waals surface area contributed by atoms with Gasteiger partial charge in [0.05, 0.1) is 17.6 Å². The molecule has 0 spiro atoms. The van der Waals surface area contributed by atoms with Crippen molar-refractivity contribution in [1.29, 1.82) is 0 Å². The van der Waals surface area contributed by atoms with Crippen molar-refractivity contribution in [1.82, 2.24) is 9.21 Å². The molecular formula is C29H31N3O5S2. The van der Waals surface area contributed by atoms with Gasteiger partial charge in [0.15, 0.2) is 0 Å². The van der Waals surface area contributed by atoms with Crippen molar-refractivity contribution in [3.63, 3.8) is 0 Å². The predicted octanol–water partition coefficient (Wildman–Crippen LogP) is 4.71. The van der Waals surface area contributed by atoms with Crippen LogP contribution in [0.1, 0.15) is 36.7 Å². The summed E-state index contributed by atoms with van der Waals surface area (Å²) in [6.07, 6.45) is 3.67. The first-order valence-electron chi connectivity index (χ1n) is 12.4. The van der Waals surface area contributed by atoms with Gasteiger partial charge in [-0.05, 0) is 41.8 Å². The number of ether oxygens (including phenoxy) is 1. The van der Waals surface area contributed by atoms with E-state index in [1.807, 2.05) is 18.2 Å². The summed E-state index contributed by atoms with van der Waals surface area (Å²) < 4.78 is 32.2. The van der Waals surface area contributed by atoms with Gasteiger partial charge in [0.1, 0.15) is 5.00 Å². The van der Waals surface area contributed by atoms with Crippen molar-refractivity contribution in [2.75, 3.05) is 32.1 Å². The fourth-order valence-corrected chi connectivity index (χ4v) is 7.16. The molecule has 0 bridgehead atoms. The average Bonchev–Trinajstić information content (AvgIpc) is 3.30. The highest BCUT2D eigenvalue weighted by molar-refractivity contribution is 7.89. The van der Waals surface area contributed by atoms with Crippen molar-refractivity contribution >= 4 is 38.2 Å². The van der Waals surface area contributed by atoms with Crippen LogP contribution in [0.25, 0.3) is 0 Å². The molecule has 1 amide bonds. The highest BCUT2D eigenvalue weighted by Gasteiger charge is 2.30. The lowest BCUT2D eigenvalue weighted by molar-refractivity contribution is 0.0600. The summed E-state index contributed by atoms with van der Waals surface area (Å²) in [5.41, 5.74) is 2.76. The molecule has 39 heavy (non-hydrogen) atoms. The number of esters is 1. The van der Waals surface area contributed by atoms with E-state index in [1.54, 1.807) is 0 Å². The highest BCUT2D eigenvalue weighted by Crippen LogP contribution is 2.38. The summed E-state index contributed by atoms with van der Waals surface area (Å²) in [5.74, 6) is -0.942. The Hall–Kier alpha value is -3.57. The second-order valence-corrected chi connectivity index (χ2v) is 12.1. The molecule has 2 heterocycles. The van der Waals surface area contributed by atoms with Crippen LogP contribution in [0.2, 0.25) is 0 Å². The number of anilines is 1. The SMILES string of the molecule is C=CCN(CC=C)S(=O)(=O)c1ccc(C(=O)Nc2sc3c(c2C(=O)OC)CCN(Cc2ccccc2)C3)cc1. The molecule has 0 saturated heterocycles. The fourth-order valence-electron chi connectivity index (χ4n) is 4.50. The van der Waals surface area contributed by atoms with Crippen LogP contribution in [-0.4, -0.2) is 56.2 Å². The molecule has 8 nitrogen and oxygen atoms in total. The van der Waals surface area contributed by atoms with Crippen molar-refractivity contribution < 1.29 is 22.7 Å². The molecule has 0 saturated carbocycles. The number of sulfonamides is 1. The standard InChI is InChI=1S/C29H31N3O5S2/c1-4-16-32(17-5-2)39(35,36)23-13-11-22(12-14-23)27(33)30-28-26(29(34)37-3)24-15-18-31(20-25(24)38-28)19-21-9-7-6-8-10-21/h4-14H,1-2,15-20H2,3H3,(H,30,33). The minimum Gasteiger partial charge on any atom is -0.465 e. The zero-order valence-electron chi connectivity index (χ0n) is 21.8. The second kappa shape index (κ2) is 12.5. The lowest BCUT2D eigenvalue weighted by Crippen LogP contribution is -2.31. The Morgan fingerprint density at radius 3 is 2.36 bits per heavy atom. The largest absolute Gasteiger partial charge is 0.465 e. The van der Waals surface area contributed by atoms with Crippen molar-refractivity contribution in [3.8, 4) is 0 Å². The summed E-state index contributed by atoms with van der Waals surface area (Å²) in [6.45, 7) is 9.73. The maximum absolute atomic E-state index is 13.1. The minimum absolute atomic E-state index is 0.0584. The number of carbonyl (C=O) groups excluding carboxylic acids is 2. The third-order valence-electron chi connectivity index (χ3n) is 6.42. The molecular weight excluding hydrogens is 534 g/mol. The molecule has 1 aliphatic rings. The summed E-state index contributed by atoms with van der Waals surface area (Å²) in [4.78, 5) is 29.2. The zero-order chi connectivity index (χ0) is 28.0. The van der Waals surface area contributed by atoms with E-state index in [1.165, 1.54) is 64.7 Å². The number of rotatable bonds is 11. The van der Waals surface area contributed by atoms with Crippen LogP contribution >= 0.6 is 11.3 Å². The van der Waals surface area contributed by atoms with Gasteiger partial charge < -0.3 is 10.1 Å². The van der Waals surface area contributed by atoms with Crippen LogP contribution in [0.4, 0.5) is 5.00 Å². The first-order chi connectivity index (χ1) is 18.8. The van der Waals surface area contributed by atoms with Crippen LogP contribution in [0.5, 0.6) is 0 Å². The number of thiophene rings is 1. The summed E-state index contributed by atoms with van der Waals surface area (Å²) in [5, 5.41) is 3.29. The van der Waals surface area contributed by atoms with Crippen LogP contribution in [0.3, 0.4) is 0 Å². The number of hydrogen-bond donors (Lipinski definition) is 1. The van der Waals surface area contributed by atoms with E-state index in [0.29, 0.717) is 23.5 Å². The van der Waals surface area contributed by atoms with E-state index >= 15 is 0 Å². The predicted molar refractivity (Wildman–Crippen MR) is 153 cm³/mol. The number of carbonyl (C=O) groups is 2. The Balaban J connectivity index is 1.54. The number of nitrogens with one attached hydrogen (secondary N) is 1. The maximum Gasteiger partial charge on any atom is 0.341 e. The topological polar surface area (TPSA) is 96.0 Å². The first kappa shape index (κ1) is 28.4. The molecule has 0 aliphatic carbocycles. The van der Waals surface area contributed by atoms with Crippen LogP contribution in [0, 0.1) is 0 Å². The third kappa shape index (κ3) is 6.36. The number of fused-ring (bicyclic) bond motifs is 1. The molecule has 0 fully saturated rings. The van der Waals surface area contributed by atoms with Gasteiger partial charge in [-0.1, -0.05) is 42.5 Å². The van der Waals surface area contributed by atoms with E-state index in [0.717, 1.165) is 23.5 Å². The van der Waals surface area contributed by atoms with Gasteiger partial charge in [-0.15, -0.1) is 24.5 Å². The fraction of sp³-hybridized carbons (Fsp3) is 0.241. The molecule has 0 unspecified atom stereocenters. The molecule has 2 aromatic carbocycles. The number of nitrogens with zero attached hydrogens (tertiary/aromatic N) is 2. The maximum atomic E-state index is 13.1. The lowest BCUT2D eigenvalue weighted by Gasteiger charge is -2.27. The van der Waals surface area contributed by atoms with Crippen LogP contribution < -0.4 is 5.32 Å². The van der Waals surface area contributed by atoms with E-state index < -0.39 is 21.9 Å². The molecule has 3 aromatic rings. The van der Waals surface area contributed by atoms with Crippen LogP contribution in [0.15, 0.2) is 84.8 Å². The molecule has 204 valence electrons. The summed E-state index contributed by atoms with van der Waals surface area (Å²) in [6, 6.07) is 15.9. The Kier molecular flexibility index (Phi) is 9.13. The van der Waals surface area contributed by atoms with E-state index in [-0.39, 0.29) is 23.5 Å². The zero-order valence-corrected chi connectivity index (χ0v) is 23.4. The summed E-state index contributed by atoms with van der Waals surface area (Å²) >= 11 is 1.37. The molecule has 10 heteroatoms. The van der Waals surface area contributed by atoms with Crippen molar-refractivity contribution in [3.05, 3.63) is 107 Å². The Labute approximate surface area is 233 Å². The van der Waals surface area contributed by atoms with Gasteiger partial charge in [0.2, 0.25) is 10.0 Å². The van der Waals surface area contributed by atoms with Crippen molar-refractivity contribution in [2.24, 2.45) is 0 Å². The first-order valence-corrected chi connectivity index (χ1v) is 14.7. The normalized spacial score (nSPS) is 13.5. The third-order valence-corrected chi connectivity index (χ3v) is 9.40. The van der Waals surface area contributed by atoms with Gasteiger partial charge in [-0.2, -0.15) is 4.31 Å². The molecule has 1 aromatic heterocycles. The molecule has 1 aliphatic heterocycles. The minimum atomic E-state index is -3.78. The number of methoxy groups -OCH3 is 1. The van der Waals surface area contributed by atoms with Crippen molar-refractivity contribution in [2.45, 2.75) is 24.4 Å². The number of benzene rings is 2. The Morgan fingerprint density at radius 1 is 1.08 bits per heavy atom. The molecule has 0 atom stereocenters. The quantitative estimate of drug-likeness (QED) is 0.267. The van der Waals surface area contributed by atoms with E-state index in [2.05, 4.69) is 35.5 Å². The van der Waals surface area contributed by atoms with Gasteiger partial charge in [-0.3, -0.25) is 9.69 Å². The second-order valence-electron chi connectivity index (χ2n) is 9.02.